The Labute approximate surface area is 155 Å². The van der Waals surface area contributed by atoms with Crippen molar-refractivity contribution in [2.45, 2.75) is 18.9 Å². The first kappa shape index (κ1) is 16.5. The molecule has 2 atom stereocenters. The van der Waals surface area contributed by atoms with Gasteiger partial charge in [0.15, 0.2) is 0 Å². The van der Waals surface area contributed by atoms with Crippen LogP contribution < -0.4 is 4.90 Å². The first-order chi connectivity index (χ1) is 12.1. The van der Waals surface area contributed by atoms with Crippen molar-refractivity contribution in [3.8, 4) is 0 Å². The molecule has 1 saturated heterocycles. The number of anilines is 1. The van der Waals surface area contributed by atoms with Crippen molar-refractivity contribution >= 4 is 32.7 Å². The molecule has 1 aromatic carbocycles. The number of hydrogen-bond donors (Lipinski definition) is 1. The van der Waals surface area contributed by atoms with Crippen LogP contribution in [0, 0.1) is 5.92 Å². The van der Waals surface area contributed by atoms with E-state index in [0.717, 1.165) is 52.9 Å². The van der Waals surface area contributed by atoms with Gasteiger partial charge in [-0.3, -0.25) is 0 Å². The summed E-state index contributed by atoms with van der Waals surface area (Å²) in [5, 5.41) is 11.9. The minimum absolute atomic E-state index is 0.164. The quantitative estimate of drug-likeness (QED) is 0.728. The molecule has 5 nitrogen and oxygen atoms in total. The fraction of sp³-hybridized carbons (Fsp3) is 0.368. The fourth-order valence-electron chi connectivity index (χ4n) is 3.61. The minimum atomic E-state index is -0.542. The molecule has 1 aliphatic rings. The number of aromatic nitrogens is 3. The minimum Gasteiger partial charge on any atom is -0.385 e. The van der Waals surface area contributed by atoms with Crippen molar-refractivity contribution in [3.05, 3.63) is 53.0 Å². The Kier molecular flexibility index (Phi) is 4.48. The molecule has 0 bridgehead atoms. The summed E-state index contributed by atoms with van der Waals surface area (Å²) in [7, 11) is 1.93. The number of imidazole rings is 1. The summed E-state index contributed by atoms with van der Waals surface area (Å²) in [5.74, 6) is 1.88. The van der Waals surface area contributed by atoms with Crippen LogP contribution in [0.1, 0.15) is 24.8 Å². The Morgan fingerprint density at radius 1 is 1.28 bits per heavy atom. The van der Waals surface area contributed by atoms with Crippen molar-refractivity contribution in [2.24, 2.45) is 13.0 Å². The van der Waals surface area contributed by atoms with Crippen LogP contribution in [0.3, 0.4) is 0 Å². The highest BCUT2D eigenvalue weighted by Crippen LogP contribution is 2.31. The van der Waals surface area contributed by atoms with Gasteiger partial charge in [0.25, 0.3) is 0 Å². The molecule has 0 radical (unpaired) electrons. The molecular weight excluding hydrogens is 380 g/mol. The lowest BCUT2D eigenvalue weighted by Gasteiger charge is -2.35. The molecule has 130 valence electrons. The fourth-order valence-corrected chi connectivity index (χ4v) is 3.99. The summed E-state index contributed by atoms with van der Waals surface area (Å²) >= 11 is 3.50. The molecule has 1 aliphatic heterocycles. The van der Waals surface area contributed by atoms with E-state index in [2.05, 4.69) is 44.0 Å². The summed E-state index contributed by atoms with van der Waals surface area (Å²) in [5.41, 5.74) is 0.993. The summed E-state index contributed by atoms with van der Waals surface area (Å²) in [6.45, 7) is 1.77. The summed E-state index contributed by atoms with van der Waals surface area (Å²) in [6, 6.07) is 10.3. The maximum atomic E-state index is 10.7. The summed E-state index contributed by atoms with van der Waals surface area (Å²) in [4.78, 5) is 11.4. The zero-order chi connectivity index (χ0) is 17.4. The lowest BCUT2D eigenvalue weighted by Crippen LogP contribution is -2.38. The molecule has 3 aromatic rings. The Bertz CT molecular complexity index is 894. The molecule has 1 N–H and O–H groups in total. The van der Waals surface area contributed by atoms with E-state index < -0.39 is 6.10 Å². The van der Waals surface area contributed by atoms with Gasteiger partial charge < -0.3 is 14.6 Å². The van der Waals surface area contributed by atoms with Gasteiger partial charge in [-0.15, -0.1) is 0 Å². The average molecular weight is 401 g/mol. The Morgan fingerprint density at radius 3 is 2.96 bits per heavy atom. The average Bonchev–Trinajstić information content (AvgIpc) is 3.06. The largest absolute Gasteiger partial charge is 0.385 e. The highest BCUT2D eigenvalue weighted by molar-refractivity contribution is 9.10. The first-order valence-electron chi connectivity index (χ1n) is 8.58. The van der Waals surface area contributed by atoms with Gasteiger partial charge in [0, 0.05) is 48.3 Å². The van der Waals surface area contributed by atoms with Gasteiger partial charge >= 0.3 is 0 Å². The second kappa shape index (κ2) is 6.77. The number of aryl methyl sites for hydroxylation is 1. The predicted octanol–water partition coefficient (Wildman–Crippen LogP) is 3.68. The third-order valence-corrected chi connectivity index (χ3v) is 5.48. The van der Waals surface area contributed by atoms with Crippen LogP contribution in [-0.4, -0.2) is 32.7 Å². The van der Waals surface area contributed by atoms with Crippen molar-refractivity contribution in [1.82, 2.24) is 14.5 Å². The molecule has 0 aliphatic carbocycles. The molecule has 2 aromatic heterocycles. The van der Waals surface area contributed by atoms with Crippen LogP contribution in [0.5, 0.6) is 0 Å². The molecule has 25 heavy (non-hydrogen) atoms. The van der Waals surface area contributed by atoms with E-state index in [1.807, 2.05) is 29.9 Å². The summed E-state index contributed by atoms with van der Waals surface area (Å²) < 4.78 is 2.96. The van der Waals surface area contributed by atoms with Gasteiger partial charge in [-0.2, -0.15) is 0 Å². The standard InChI is InChI=1S/C19H21BrN4O/c1-23-10-8-21-19(23)18(25)14-3-2-9-24(12-14)17-7-4-13-11-15(20)5-6-16(13)22-17/h4-8,10-11,14,18,25H,2-3,9,12H2,1H3. The normalized spacial score (nSPS) is 19.3. The molecule has 0 spiro atoms. The Hall–Kier alpha value is -1.92. The second-order valence-electron chi connectivity index (χ2n) is 6.70. The lowest BCUT2D eigenvalue weighted by molar-refractivity contribution is 0.0874. The second-order valence-corrected chi connectivity index (χ2v) is 7.61. The topological polar surface area (TPSA) is 54.2 Å². The molecular formula is C19H21BrN4O. The number of halogens is 1. The van der Waals surface area contributed by atoms with E-state index in [9.17, 15) is 5.11 Å². The van der Waals surface area contributed by atoms with Crippen LogP contribution in [0.15, 0.2) is 47.2 Å². The van der Waals surface area contributed by atoms with E-state index >= 15 is 0 Å². The van der Waals surface area contributed by atoms with Crippen LogP contribution in [0.25, 0.3) is 10.9 Å². The number of benzene rings is 1. The molecule has 4 rings (SSSR count). The number of nitrogens with zero attached hydrogens (tertiary/aromatic N) is 4. The van der Waals surface area contributed by atoms with Crippen LogP contribution in [0.2, 0.25) is 0 Å². The van der Waals surface area contributed by atoms with E-state index in [4.69, 9.17) is 4.98 Å². The number of aliphatic hydroxyl groups excluding tert-OH is 1. The predicted molar refractivity (Wildman–Crippen MR) is 103 cm³/mol. The van der Waals surface area contributed by atoms with Crippen LogP contribution >= 0.6 is 15.9 Å². The van der Waals surface area contributed by atoms with E-state index in [1.54, 1.807) is 6.20 Å². The van der Waals surface area contributed by atoms with E-state index in [1.165, 1.54) is 0 Å². The van der Waals surface area contributed by atoms with Gasteiger partial charge in [-0.05, 0) is 43.2 Å². The molecule has 2 unspecified atom stereocenters. The maximum Gasteiger partial charge on any atom is 0.137 e. The third kappa shape index (κ3) is 3.28. The molecule has 3 heterocycles. The Morgan fingerprint density at radius 2 is 2.16 bits per heavy atom. The van der Waals surface area contributed by atoms with Crippen LogP contribution in [0.4, 0.5) is 5.82 Å². The van der Waals surface area contributed by atoms with Gasteiger partial charge in [0.1, 0.15) is 17.7 Å². The number of fused-ring (bicyclic) bond motifs is 1. The smallest absolute Gasteiger partial charge is 0.137 e. The number of pyridine rings is 1. The Balaban J connectivity index is 1.56. The highest BCUT2D eigenvalue weighted by atomic mass is 79.9. The third-order valence-electron chi connectivity index (χ3n) is 4.99. The number of rotatable bonds is 3. The maximum absolute atomic E-state index is 10.7. The highest BCUT2D eigenvalue weighted by Gasteiger charge is 2.29. The SMILES string of the molecule is Cn1ccnc1C(O)C1CCCN(c2ccc3cc(Br)ccc3n2)C1. The van der Waals surface area contributed by atoms with E-state index in [0.29, 0.717) is 0 Å². The summed E-state index contributed by atoms with van der Waals surface area (Å²) in [6.07, 6.45) is 5.13. The van der Waals surface area contributed by atoms with Crippen LogP contribution in [-0.2, 0) is 7.05 Å². The zero-order valence-corrected chi connectivity index (χ0v) is 15.7. The molecule has 0 saturated carbocycles. The van der Waals surface area contributed by atoms with Crippen molar-refractivity contribution in [1.29, 1.82) is 0 Å². The number of aliphatic hydroxyl groups is 1. The molecule has 0 amide bonds. The number of piperidine rings is 1. The van der Waals surface area contributed by atoms with Crippen molar-refractivity contribution < 1.29 is 5.11 Å². The molecule has 1 fully saturated rings. The van der Waals surface area contributed by atoms with Gasteiger partial charge in [0.05, 0.1) is 5.52 Å². The van der Waals surface area contributed by atoms with Gasteiger partial charge in [0.2, 0.25) is 0 Å². The van der Waals surface area contributed by atoms with Gasteiger partial charge in [-0.1, -0.05) is 15.9 Å². The number of hydrogen-bond acceptors (Lipinski definition) is 4. The monoisotopic (exact) mass is 400 g/mol. The zero-order valence-electron chi connectivity index (χ0n) is 14.1. The van der Waals surface area contributed by atoms with E-state index in [-0.39, 0.29) is 5.92 Å². The van der Waals surface area contributed by atoms with Crippen molar-refractivity contribution in [3.63, 3.8) is 0 Å². The van der Waals surface area contributed by atoms with Gasteiger partial charge in [-0.25, -0.2) is 9.97 Å². The lowest BCUT2D eigenvalue weighted by atomic mass is 9.92. The van der Waals surface area contributed by atoms with Crippen molar-refractivity contribution in [2.75, 3.05) is 18.0 Å². The molecule has 6 heteroatoms. The first-order valence-corrected chi connectivity index (χ1v) is 9.37.